The molecule has 0 unspecified atom stereocenters. The molecule has 0 aliphatic carbocycles. The van der Waals surface area contributed by atoms with E-state index in [0.29, 0.717) is 0 Å². The van der Waals surface area contributed by atoms with E-state index in [4.69, 9.17) is 9.47 Å². The third-order valence-corrected chi connectivity index (χ3v) is 4.50. The van der Waals surface area contributed by atoms with Gasteiger partial charge in [-0.1, -0.05) is 12.6 Å². The monoisotopic (exact) mass is 351 g/mol. The van der Waals surface area contributed by atoms with Crippen molar-refractivity contribution in [2.75, 3.05) is 35.4 Å². The van der Waals surface area contributed by atoms with Crippen LogP contribution in [0.1, 0.15) is 22.4 Å². The zero-order valence-electron chi connectivity index (χ0n) is 16.0. The first-order valence-electron chi connectivity index (χ1n) is 8.45. The van der Waals surface area contributed by atoms with Crippen molar-refractivity contribution in [3.05, 3.63) is 65.6 Å². The maximum absolute atomic E-state index is 5.72. The summed E-state index contributed by atoms with van der Waals surface area (Å²) in [6, 6.07) is 8.10. The molecule has 1 aliphatic heterocycles. The lowest BCUT2D eigenvalue weighted by atomic mass is 9.92. The molecule has 0 radical (unpaired) electrons. The average Bonchev–Trinajstić information content (AvgIpc) is 2.64. The maximum Gasteiger partial charge on any atom is 0.127 e. The summed E-state index contributed by atoms with van der Waals surface area (Å²) in [5, 5.41) is 0. The molecule has 3 rings (SSSR count). The van der Waals surface area contributed by atoms with E-state index in [1.807, 2.05) is 38.2 Å². The van der Waals surface area contributed by atoms with E-state index >= 15 is 0 Å². The number of hydrogen-bond acceptors (Lipinski definition) is 5. The van der Waals surface area contributed by atoms with Gasteiger partial charge in [0.1, 0.15) is 11.5 Å². The van der Waals surface area contributed by atoms with Crippen molar-refractivity contribution < 1.29 is 9.47 Å². The number of pyridine rings is 1. The number of nitrogens with zero attached hydrogens (tertiary/aromatic N) is 3. The molecule has 136 valence electrons. The van der Waals surface area contributed by atoms with Gasteiger partial charge in [-0.05, 0) is 32.3 Å². The summed E-state index contributed by atoms with van der Waals surface area (Å²) in [7, 11) is 9.44. The minimum Gasteiger partial charge on any atom is -0.496 e. The van der Waals surface area contributed by atoms with Crippen molar-refractivity contribution in [2.24, 2.45) is 0 Å². The number of fused-ring (bicyclic) bond motifs is 1. The molecule has 1 aromatic heterocycles. The average molecular weight is 351 g/mol. The first kappa shape index (κ1) is 18.0. The van der Waals surface area contributed by atoms with Gasteiger partial charge in [0.15, 0.2) is 0 Å². The summed E-state index contributed by atoms with van der Waals surface area (Å²) in [4.78, 5) is 8.62. The van der Waals surface area contributed by atoms with E-state index in [9.17, 15) is 0 Å². The van der Waals surface area contributed by atoms with Crippen LogP contribution in [0, 0.1) is 0 Å². The highest BCUT2D eigenvalue weighted by Gasteiger charge is 2.24. The first-order chi connectivity index (χ1) is 12.5. The second-order valence-electron chi connectivity index (χ2n) is 6.60. The predicted octanol–water partition coefficient (Wildman–Crippen LogP) is 3.47. The van der Waals surface area contributed by atoms with Crippen molar-refractivity contribution in [3.8, 4) is 11.5 Å². The van der Waals surface area contributed by atoms with Crippen molar-refractivity contribution in [1.29, 1.82) is 0 Å². The van der Waals surface area contributed by atoms with Crippen molar-refractivity contribution in [3.63, 3.8) is 0 Å². The molecular formula is C21H25N3O2. The van der Waals surface area contributed by atoms with E-state index in [1.165, 1.54) is 0 Å². The van der Waals surface area contributed by atoms with Crippen LogP contribution >= 0.6 is 0 Å². The van der Waals surface area contributed by atoms with Gasteiger partial charge in [0.2, 0.25) is 0 Å². The highest BCUT2D eigenvalue weighted by atomic mass is 16.5. The lowest BCUT2D eigenvalue weighted by Gasteiger charge is -2.28. The summed E-state index contributed by atoms with van der Waals surface area (Å²) >= 11 is 0. The molecule has 0 amide bonds. The Hall–Kier alpha value is -2.79. The van der Waals surface area contributed by atoms with Gasteiger partial charge in [0, 0.05) is 48.3 Å². The highest BCUT2D eigenvalue weighted by molar-refractivity contribution is 5.91. The number of aromatic nitrogens is 1. The zero-order chi connectivity index (χ0) is 18.8. The standard InChI is InChI=1S/C21H25N3O2/c1-14-21-16(8-7-9-22-21)18(13-24(14)4)17-11-19(25-5)15(12-23(2)3)10-20(17)26-6/h7-11,13H,1,12H2,2-6H3. The van der Waals surface area contributed by atoms with E-state index in [0.717, 1.165) is 51.7 Å². The van der Waals surface area contributed by atoms with Crippen molar-refractivity contribution in [1.82, 2.24) is 14.8 Å². The molecular weight excluding hydrogens is 326 g/mol. The summed E-state index contributed by atoms with van der Waals surface area (Å²) in [6.45, 7) is 4.92. The van der Waals surface area contributed by atoms with Crippen molar-refractivity contribution in [2.45, 2.75) is 6.54 Å². The zero-order valence-corrected chi connectivity index (χ0v) is 16.0. The van der Waals surface area contributed by atoms with E-state index < -0.39 is 0 Å². The molecule has 0 saturated carbocycles. The molecule has 2 aromatic rings. The Morgan fingerprint density at radius 3 is 2.50 bits per heavy atom. The molecule has 26 heavy (non-hydrogen) atoms. The Morgan fingerprint density at radius 1 is 1.12 bits per heavy atom. The lowest BCUT2D eigenvalue weighted by Crippen LogP contribution is -2.17. The molecule has 2 heterocycles. The van der Waals surface area contributed by atoms with Crippen LogP contribution < -0.4 is 9.47 Å². The molecule has 5 heteroatoms. The Labute approximate surface area is 155 Å². The molecule has 0 atom stereocenters. The topological polar surface area (TPSA) is 37.8 Å². The van der Waals surface area contributed by atoms with Gasteiger partial charge < -0.3 is 19.3 Å². The summed E-state index contributed by atoms with van der Waals surface area (Å²) in [5.74, 6) is 1.65. The van der Waals surface area contributed by atoms with Gasteiger partial charge in [0.05, 0.1) is 25.6 Å². The SMILES string of the molecule is C=C1c2ncccc2C(c2cc(OC)c(CN(C)C)cc2OC)=CN1C. The van der Waals surface area contributed by atoms with Gasteiger partial charge in [-0.25, -0.2) is 0 Å². The number of rotatable bonds is 5. The van der Waals surface area contributed by atoms with Gasteiger partial charge in [-0.15, -0.1) is 0 Å². The number of ether oxygens (including phenoxy) is 2. The Morgan fingerprint density at radius 2 is 1.85 bits per heavy atom. The van der Waals surface area contributed by atoms with Gasteiger partial charge in [0.25, 0.3) is 0 Å². The van der Waals surface area contributed by atoms with Crippen LogP contribution in [0.3, 0.4) is 0 Å². The molecule has 0 fully saturated rings. The fraction of sp³-hybridized carbons (Fsp3) is 0.286. The number of methoxy groups -OCH3 is 2. The molecule has 0 saturated heterocycles. The Balaban J connectivity index is 2.20. The molecule has 0 bridgehead atoms. The minimum atomic E-state index is 0.772. The van der Waals surface area contributed by atoms with Crippen LogP contribution in [0.2, 0.25) is 0 Å². The molecule has 0 N–H and O–H groups in total. The maximum atomic E-state index is 5.72. The van der Waals surface area contributed by atoms with E-state index in [1.54, 1.807) is 20.4 Å². The van der Waals surface area contributed by atoms with Crippen LogP contribution in [-0.2, 0) is 6.54 Å². The van der Waals surface area contributed by atoms with Crippen LogP contribution in [0.15, 0.2) is 43.2 Å². The first-order valence-corrected chi connectivity index (χ1v) is 8.45. The highest BCUT2D eigenvalue weighted by Crippen LogP contribution is 2.41. The fourth-order valence-corrected chi connectivity index (χ4v) is 3.21. The summed E-state index contributed by atoms with van der Waals surface area (Å²) in [6.07, 6.45) is 3.86. The molecule has 1 aromatic carbocycles. The third kappa shape index (κ3) is 3.18. The van der Waals surface area contributed by atoms with Crippen LogP contribution in [-0.4, -0.2) is 50.1 Å². The van der Waals surface area contributed by atoms with Crippen molar-refractivity contribution >= 4 is 11.3 Å². The van der Waals surface area contributed by atoms with Gasteiger partial charge >= 0.3 is 0 Å². The van der Waals surface area contributed by atoms with Gasteiger partial charge in [-0.2, -0.15) is 0 Å². The Bertz CT molecular complexity index is 872. The molecule has 5 nitrogen and oxygen atoms in total. The fourth-order valence-electron chi connectivity index (χ4n) is 3.21. The van der Waals surface area contributed by atoms with Gasteiger partial charge in [-0.3, -0.25) is 4.98 Å². The quantitative estimate of drug-likeness (QED) is 0.825. The second kappa shape index (κ2) is 7.22. The Kier molecular flexibility index (Phi) is 5.00. The molecule has 1 aliphatic rings. The predicted molar refractivity (Wildman–Crippen MR) is 105 cm³/mol. The normalized spacial score (nSPS) is 13.5. The lowest BCUT2D eigenvalue weighted by molar-refractivity contribution is 0.366. The van der Waals surface area contributed by atoms with Crippen LogP contribution in [0.5, 0.6) is 11.5 Å². The number of benzene rings is 1. The van der Waals surface area contributed by atoms with E-state index in [2.05, 4.69) is 34.8 Å². The molecule has 0 spiro atoms. The second-order valence-corrected chi connectivity index (χ2v) is 6.60. The largest absolute Gasteiger partial charge is 0.496 e. The van der Waals surface area contributed by atoms with Crippen LogP contribution in [0.25, 0.3) is 11.3 Å². The van der Waals surface area contributed by atoms with E-state index in [-0.39, 0.29) is 0 Å². The smallest absolute Gasteiger partial charge is 0.127 e. The van der Waals surface area contributed by atoms with Crippen LogP contribution in [0.4, 0.5) is 0 Å². The third-order valence-electron chi connectivity index (χ3n) is 4.50. The summed E-state index contributed by atoms with van der Waals surface area (Å²) in [5.41, 5.74) is 5.88. The number of hydrogen-bond donors (Lipinski definition) is 0. The minimum absolute atomic E-state index is 0.772. The summed E-state index contributed by atoms with van der Waals surface area (Å²) < 4.78 is 11.4.